The van der Waals surface area contributed by atoms with Crippen molar-refractivity contribution in [2.24, 2.45) is 5.73 Å². The molecule has 1 atom stereocenters. The minimum atomic E-state index is -1.31. The average molecular weight is 226 g/mol. The number of rotatable bonds is 5. The van der Waals surface area contributed by atoms with Crippen LogP contribution in [0.4, 0.5) is 11.5 Å². The van der Waals surface area contributed by atoms with Crippen molar-refractivity contribution in [1.82, 2.24) is 4.98 Å². The maximum absolute atomic E-state index is 10.5. The summed E-state index contributed by atoms with van der Waals surface area (Å²) in [5.74, 6) is -1.12. The predicted molar refractivity (Wildman–Crippen MR) is 54.6 cm³/mol. The monoisotopic (exact) mass is 226 g/mol. The van der Waals surface area contributed by atoms with Gasteiger partial charge in [0.2, 0.25) is 5.91 Å². The normalized spacial score (nSPS) is 11.8. The van der Waals surface area contributed by atoms with Crippen molar-refractivity contribution in [3.8, 4) is 0 Å². The van der Waals surface area contributed by atoms with Gasteiger partial charge in [-0.25, -0.2) is 0 Å². The van der Waals surface area contributed by atoms with Crippen LogP contribution in [0.1, 0.15) is 0 Å². The fourth-order valence-electron chi connectivity index (χ4n) is 0.914. The number of carbonyl (C=O) groups excluding carboxylic acids is 1. The van der Waals surface area contributed by atoms with Gasteiger partial charge in [0.1, 0.15) is 6.10 Å². The van der Waals surface area contributed by atoms with E-state index in [1.807, 2.05) is 0 Å². The van der Waals surface area contributed by atoms with Crippen LogP contribution in [0.5, 0.6) is 0 Å². The van der Waals surface area contributed by atoms with E-state index in [9.17, 15) is 14.9 Å². The van der Waals surface area contributed by atoms with Crippen LogP contribution in [0.25, 0.3) is 0 Å². The summed E-state index contributed by atoms with van der Waals surface area (Å²) in [5, 5.41) is 22.0. The molecule has 1 heterocycles. The van der Waals surface area contributed by atoms with E-state index in [4.69, 9.17) is 10.8 Å². The molecule has 0 bridgehead atoms. The average Bonchev–Trinajstić information content (AvgIpc) is 2.26. The van der Waals surface area contributed by atoms with Crippen molar-refractivity contribution in [1.29, 1.82) is 0 Å². The van der Waals surface area contributed by atoms with E-state index in [-0.39, 0.29) is 12.4 Å². The van der Waals surface area contributed by atoms with Crippen molar-refractivity contribution in [3.05, 3.63) is 28.4 Å². The van der Waals surface area contributed by atoms with E-state index in [0.29, 0.717) is 5.69 Å². The lowest BCUT2D eigenvalue weighted by Gasteiger charge is -2.07. The molecule has 8 heteroatoms. The maximum Gasteiger partial charge on any atom is 0.363 e. The Morgan fingerprint density at radius 3 is 2.81 bits per heavy atom. The standard InChI is InChI=1S/C8H10N4O4/c9-8(14)6(13)4-10-5-1-2-7(11-3-5)12(15)16/h1-3,6,10,13H,4H2,(H2,9,14). The fourth-order valence-corrected chi connectivity index (χ4v) is 0.914. The zero-order valence-corrected chi connectivity index (χ0v) is 8.16. The third-order valence-electron chi connectivity index (χ3n) is 1.76. The smallest absolute Gasteiger partial charge is 0.363 e. The fraction of sp³-hybridized carbons (Fsp3) is 0.250. The van der Waals surface area contributed by atoms with Crippen LogP contribution in [-0.2, 0) is 4.79 Å². The third-order valence-corrected chi connectivity index (χ3v) is 1.76. The number of hydrogen-bond acceptors (Lipinski definition) is 6. The van der Waals surface area contributed by atoms with Crippen molar-refractivity contribution >= 4 is 17.4 Å². The number of nitro groups is 1. The van der Waals surface area contributed by atoms with E-state index in [1.54, 1.807) is 0 Å². The van der Waals surface area contributed by atoms with Gasteiger partial charge < -0.3 is 26.3 Å². The highest BCUT2D eigenvalue weighted by Crippen LogP contribution is 2.11. The Kier molecular flexibility index (Phi) is 3.72. The van der Waals surface area contributed by atoms with E-state index in [0.717, 1.165) is 0 Å². The van der Waals surface area contributed by atoms with Crippen LogP contribution < -0.4 is 11.1 Å². The van der Waals surface area contributed by atoms with Gasteiger partial charge in [-0.3, -0.25) is 4.79 Å². The first-order valence-corrected chi connectivity index (χ1v) is 4.32. The Morgan fingerprint density at radius 2 is 2.38 bits per heavy atom. The molecule has 0 aromatic carbocycles. The molecule has 0 saturated carbocycles. The first kappa shape index (κ1) is 11.9. The molecule has 1 amide bonds. The number of carbonyl (C=O) groups is 1. The number of amides is 1. The van der Waals surface area contributed by atoms with Gasteiger partial charge in [-0.1, -0.05) is 0 Å². The topological polar surface area (TPSA) is 131 Å². The maximum atomic E-state index is 10.5. The quantitative estimate of drug-likeness (QED) is 0.447. The summed E-state index contributed by atoms with van der Waals surface area (Å²) in [6.45, 7) is -0.0746. The number of hydrogen-bond donors (Lipinski definition) is 3. The van der Waals surface area contributed by atoms with E-state index in [2.05, 4.69) is 10.3 Å². The number of aromatic nitrogens is 1. The van der Waals surface area contributed by atoms with Gasteiger partial charge in [-0.2, -0.15) is 0 Å². The Morgan fingerprint density at radius 1 is 1.69 bits per heavy atom. The molecule has 0 fully saturated rings. The molecule has 1 aromatic rings. The molecule has 0 spiro atoms. The van der Waals surface area contributed by atoms with Crippen LogP contribution in [0.15, 0.2) is 18.3 Å². The van der Waals surface area contributed by atoms with Gasteiger partial charge in [0.15, 0.2) is 6.20 Å². The minimum absolute atomic E-state index is 0.0746. The summed E-state index contributed by atoms with van der Waals surface area (Å²) in [6.07, 6.45) is -0.0820. The highest BCUT2D eigenvalue weighted by Gasteiger charge is 2.11. The summed E-state index contributed by atoms with van der Waals surface area (Å²) in [5.41, 5.74) is 5.28. The summed E-state index contributed by atoms with van der Waals surface area (Å²) in [4.78, 5) is 23.7. The van der Waals surface area contributed by atoms with Gasteiger partial charge in [0.25, 0.3) is 0 Å². The third kappa shape index (κ3) is 3.17. The van der Waals surface area contributed by atoms with Gasteiger partial charge in [0.05, 0.1) is 5.69 Å². The van der Waals surface area contributed by atoms with Crippen molar-refractivity contribution < 1.29 is 14.8 Å². The minimum Gasteiger partial charge on any atom is -0.381 e. The van der Waals surface area contributed by atoms with Crippen LogP contribution >= 0.6 is 0 Å². The molecular weight excluding hydrogens is 216 g/mol. The largest absolute Gasteiger partial charge is 0.381 e. The second kappa shape index (κ2) is 5.03. The number of nitrogens with two attached hydrogens (primary N) is 1. The molecule has 4 N–H and O–H groups in total. The lowest BCUT2D eigenvalue weighted by molar-refractivity contribution is -0.389. The molecule has 0 radical (unpaired) electrons. The van der Waals surface area contributed by atoms with Gasteiger partial charge >= 0.3 is 5.82 Å². The highest BCUT2D eigenvalue weighted by molar-refractivity contribution is 5.79. The summed E-state index contributed by atoms with van der Waals surface area (Å²) < 4.78 is 0. The Hall–Kier alpha value is -2.22. The number of pyridine rings is 1. The molecule has 0 aliphatic heterocycles. The first-order valence-electron chi connectivity index (χ1n) is 4.32. The number of anilines is 1. The lowest BCUT2D eigenvalue weighted by atomic mass is 10.3. The second-order valence-electron chi connectivity index (χ2n) is 2.96. The molecule has 1 rings (SSSR count). The molecule has 16 heavy (non-hydrogen) atoms. The van der Waals surface area contributed by atoms with Gasteiger partial charge in [0, 0.05) is 12.6 Å². The van der Waals surface area contributed by atoms with E-state index >= 15 is 0 Å². The summed E-state index contributed by atoms with van der Waals surface area (Å²) in [7, 11) is 0. The molecule has 8 nitrogen and oxygen atoms in total. The van der Waals surface area contributed by atoms with Crippen LogP contribution in [0.3, 0.4) is 0 Å². The summed E-state index contributed by atoms with van der Waals surface area (Å²) in [6, 6.07) is 2.62. The van der Waals surface area contributed by atoms with Crippen LogP contribution in [-0.4, -0.2) is 33.6 Å². The van der Waals surface area contributed by atoms with Crippen molar-refractivity contribution in [2.45, 2.75) is 6.10 Å². The molecule has 0 aliphatic carbocycles. The molecule has 0 saturated heterocycles. The Labute approximate surface area is 90.2 Å². The number of aliphatic hydroxyl groups excluding tert-OH is 1. The lowest BCUT2D eigenvalue weighted by Crippen LogP contribution is -2.34. The highest BCUT2D eigenvalue weighted by atomic mass is 16.6. The van der Waals surface area contributed by atoms with Crippen molar-refractivity contribution in [2.75, 3.05) is 11.9 Å². The second-order valence-corrected chi connectivity index (χ2v) is 2.96. The molecule has 0 aliphatic rings. The number of aliphatic hydroxyl groups is 1. The predicted octanol–water partition coefficient (Wildman–Crippen LogP) is -0.752. The van der Waals surface area contributed by atoms with Gasteiger partial charge in [-0.15, -0.1) is 0 Å². The molecular formula is C8H10N4O4. The molecule has 1 aromatic heterocycles. The van der Waals surface area contributed by atoms with E-state index in [1.165, 1.54) is 18.3 Å². The molecule has 1 unspecified atom stereocenters. The molecule has 86 valence electrons. The summed E-state index contributed by atoms with van der Waals surface area (Å²) >= 11 is 0. The number of nitrogens with zero attached hydrogens (tertiary/aromatic N) is 2. The zero-order valence-electron chi connectivity index (χ0n) is 8.16. The zero-order chi connectivity index (χ0) is 12.1. The number of nitrogens with one attached hydrogen (secondary N) is 1. The van der Waals surface area contributed by atoms with Gasteiger partial charge in [-0.05, 0) is 16.0 Å². The van der Waals surface area contributed by atoms with Crippen LogP contribution in [0.2, 0.25) is 0 Å². The first-order chi connectivity index (χ1) is 7.50. The van der Waals surface area contributed by atoms with Crippen LogP contribution in [0, 0.1) is 10.1 Å². The number of primary amides is 1. The SMILES string of the molecule is NC(=O)C(O)CNc1ccc([N+](=O)[O-])nc1. The van der Waals surface area contributed by atoms with Crippen molar-refractivity contribution in [3.63, 3.8) is 0 Å². The van der Waals surface area contributed by atoms with E-state index < -0.39 is 16.9 Å². The Bertz CT molecular complexity index is 392. The Balaban J connectivity index is 2.56.